The van der Waals surface area contributed by atoms with Crippen molar-refractivity contribution in [2.45, 2.75) is 19.3 Å². The maximum atomic E-state index is 14.1. The number of benzene rings is 1. The number of thioether (sulfide) groups is 2. The Morgan fingerprint density at radius 2 is 1.86 bits per heavy atom. The normalized spacial score (nSPS) is 24.7. The monoisotopic (exact) mass is 545 g/mol. The standard InChI is InChI=1S/C25H20ClNO5S3/c1-2-32-24(31)25(13-27)16(14-5-7-15(26)8-6-14)12-17(28)19(23-34-10-11-35-23)22(30)20(25)21(29)18-4-3-9-33-18/h3-9,16,20H,2,10-12H2,1H3/t16-,20+,25-/m1/s1. The fourth-order valence-corrected chi connectivity index (χ4v) is 7.88. The molecule has 0 radical (unpaired) electrons. The van der Waals surface area contributed by atoms with Gasteiger partial charge in [-0.3, -0.25) is 19.2 Å². The number of allylic oxidation sites excluding steroid dienone is 1. The van der Waals surface area contributed by atoms with Crippen LogP contribution < -0.4 is 0 Å². The Hall–Kier alpha value is -2.38. The molecule has 4 rings (SSSR count). The van der Waals surface area contributed by atoms with Gasteiger partial charge in [-0.2, -0.15) is 5.26 Å². The third-order valence-corrected chi connectivity index (χ3v) is 9.88. The number of esters is 1. The van der Waals surface area contributed by atoms with Crippen molar-refractivity contribution in [3.8, 4) is 6.07 Å². The van der Waals surface area contributed by atoms with E-state index in [9.17, 15) is 24.4 Å². The lowest BCUT2D eigenvalue weighted by molar-refractivity contribution is -0.157. The zero-order valence-electron chi connectivity index (χ0n) is 18.6. The first kappa shape index (κ1) is 25.7. The number of rotatable bonds is 5. The summed E-state index contributed by atoms with van der Waals surface area (Å²) < 4.78 is 5.86. The second kappa shape index (κ2) is 10.7. The average Bonchev–Trinajstić information content (AvgIpc) is 3.55. The van der Waals surface area contributed by atoms with E-state index in [1.807, 2.05) is 6.07 Å². The predicted molar refractivity (Wildman–Crippen MR) is 138 cm³/mol. The molecule has 1 saturated heterocycles. The molecule has 180 valence electrons. The van der Waals surface area contributed by atoms with Crippen LogP contribution in [0.5, 0.6) is 0 Å². The number of thiophene rings is 1. The Morgan fingerprint density at radius 1 is 1.17 bits per heavy atom. The first-order valence-electron chi connectivity index (χ1n) is 10.8. The largest absolute Gasteiger partial charge is 0.465 e. The van der Waals surface area contributed by atoms with E-state index in [0.29, 0.717) is 14.8 Å². The molecule has 2 aliphatic rings. The minimum Gasteiger partial charge on any atom is -0.465 e. The summed E-state index contributed by atoms with van der Waals surface area (Å²) in [6.07, 6.45) is -0.298. The molecule has 6 nitrogen and oxygen atoms in total. The smallest absolute Gasteiger partial charge is 0.328 e. The molecule has 35 heavy (non-hydrogen) atoms. The van der Waals surface area contributed by atoms with Crippen molar-refractivity contribution in [3.05, 3.63) is 67.1 Å². The van der Waals surface area contributed by atoms with E-state index in [4.69, 9.17) is 16.3 Å². The third kappa shape index (κ3) is 4.60. The summed E-state index contributed by atoms with van der Waals surface area (Å²) >= 11 is 9.93. The van der Waals surface area contributed by atoms with Crippen LogP contribution in [0.2, 0.25) is 5.02 Å². The zero-order chi connectivity index (χ0) is 25.2. The molecule has 0 bridgehead atoms. The van der Waals surface area contributed by atoms with Crippen LogP contribution in [0.3, 0.4) is 0 Å². The zero-order valence-corrected chi connectivity index (χ0v) is 21.8. The summed E-state index contributed by atoms with van der Waals surface area (Å²) in [4.78, 5) is 55.4. The van der Waals surface area contributed by atoms with Gasteiger partial charge in [-0.1, -0.05) is 29.8 Å². The molecule has 1 aromatic heterocycles. The van der Waals surface area contributed by atoms with Crippen LogP contribution in [0, 0.1) is 22.7 Å². The molecule has 1 aliphatic heterocycles. The quantitative estimate of drug-likeness (QED) is 0.125. The molecular formula is C25H20ClNO5S3. The van der Waals surface area contributed by atoms with Crippen LogP contribution in [0.25, 0.3) is 0 Å². The average molecular weight is 546 g/mol. The number of Topliss-reactive ketones (excluding diaryl/α,β-unsaturated/α-hetero) is 3. The Bertz CT molecular complexity index is 1240. The highest BCUT2D eigenvalue weighted by molar-refractivity contribution is 8.25. The molecule has 0 spiro atoms. The predicted octanol–water partition coefficient (Wildman–Crippen LogP) is 5.29. The Kier molecular flexibility index (Phi) is 7.86. The Balaban J connectivity index is 2.03. The first-order valence-corrected chi connectivity index (χ1v) is 14.1. The number of halogens is 1. The number of carbonyl (C=O) groups is 4. The lowest BCUT2D eigenvalue weighted by atomic mass is 9.62. The molecule has 10 heteroatoms. The van der Waals surface area contributed by atoms with Gasteiger partial charge in [0.25, 0.3) is 0 Å². The van der Waals surface area contributed by atoms with Gasteiger partial charge in [0, 0.05) is 28.9 Å². The molecule has 3 atom stereocenters. The fourth-order valence-electron chi connectivity index (χ4n) is 4.47. The molecule has 0 N–H and O–H groups in total. The van der Waals surface area contributed by atoms with Crippen molar-refractivity contribution < 1.29 is 23.9 Å². The molecule has 0 amide bonds. The van der Waals surface area contributed by atoms with E-state index in [1.54, 1.807) is 48.7 Å². The number of hydrogen-bond acceptors (Lipinski definition) is 9. The van der Waals surface area contributed by atoms with Gasteiger partial charge in [-0.15, -0.1) is 34.9 Å². The number of hydrogen-bond donors (Lipinski definition) is 0. The lowest BCUT2D eigenvalue weighted by Crippen LogP contribution is -2.49. The van der Waals surface area contributed by atoms with Crippen LogP contribution >= 0.6 is 46.5 Å². The summed E-state index contributed by atoms with van der Waals surface area (Å²) in [6.45, 7) is 1.52. The molecule has 1 saturated carbocycles. The van der Waals surface area contributed by atoms with E-state index < -0.39 is 40.6 Å². The SMILES string of the molecule is CCOC(=O)[C@@]1(C#N)[C@@H](C(=O)c2cccs2)C(=O)C(=C2SCCS2)C(=O)C[C@@H]1c1ccc(Cl)cc1. The second-order valence-corrected chi connectivity index (χ2v) is 11.8. The van der Waals surface area contributed by atoms with Crippen LogP contribution in [-0.4, -0.2) is 41.4 Å². The molecule has 0 unspecified atom stereocenters. The van der Waals surface area contributed by atoms with Crippen LogP contribution in [0.1, 0.15) is 34.5 Å². The van der Waals surface area contributed by atoms with Gasteiger partial charge < -0.3 is 4.74 Å². The number of ether oxygens (including phenoxy) is 1. The second-order valence-electron chi connectivity index (χ2n) is 7.93. The van der Waals surface area contributed by atoms with E-state index in [0.717, 1.165) is 22.8 Å². The highest BCUT2D eigenvalue weighted by Crippen LogP contribution is 2.52. The topological polar surface area (TPSA) is 101 Å². The molecular weight excluding hydrogens is 526 g/mol. The fraction of sp³-hybridized carbons (Fsp3) is 0.320. The number of ketones is 3. The van der Waals surface area contributed by atoms with E-state index in [1.165, 1.54) is 23.5 Å². The van der Waals surface area contributed by atoms with Crippen molar-refractivity contribution in [3.63, 3.8) is 0 Å². The highest BCUT2D eigenvalue weighted by Gasteiger charge is 2.63. The minimum absolute atomic E-state index is 0.0582. The van der Waals surface area contributed by atoms with E-state index >= 15 is 0 Å². The summed E-state index contributed by atoms with van der Waals surface area (Å²) in [6, 6.07) is 11.6. The summed E-state index contributed by atoms with van der Waals surface area (Å²) in [5, 5.41) is 12.7. The lowest BCUT2D eigenvalue weighted by Gasteiger charge is -2.35. The van der Waals surface area contributed by atoms with Crippen molar-refractivity contribution in [2.75, 3.05) is 18.1 Å². The van der Waals surface area contributed by atoms with Crippen molar-refractivity contribution in [1.29, 1.82) is 5.26 Å². The maximum Gasteiger partial charge on any atom is 0.328 e. The highest BCUT2D eigenvalue weighted by atomic mass is 35.5. The number of nitrogens with zero attached hydrogens (tertiary/aromatic N) is 1. The van der Waals surface area contributed by atoms with Crippen LogP contribution in [-0.2, 0) is 19.1 Å². The molecule has 2 fully saturated rings. The maximum absolute atomic E-state index is 14.1. The van der Waals surface area contributed by atoms with E-state index in [-0.39, 0.29) is 23.5 Å². The van der Waals surface area contributed by atoms with Crippen molar-refractivity contribution >= 4 is 69.8 Å². The molecule has 1 aromatic carbocycles. The van der Waals surface area contributed by atoms with Crippen LogP contribution in [0.4, 0.5) is 0 Å². The Morgan fingerprint density at radius 3 is 2.43 bits per heavy atom. The van der Waals surface area contributed by atoms with Gasteiger partial charge in [-0.05, 0) is 36.1 Å². The summed E-state index contributed by atoms with van der Waals surface area (Å²) in [5.74, 6) is -4.33. The van der Waals surface area contributed by atoms with Gasteiger partial charge in [0.1, 0.15) is 5.92 Å². The van der Waals surface area contributed by atoms with Gasteiger partial charge in [0.2, 0.25) is 0 Å². The molecule has 1 aliphatic carbocycles. The molecule has 2 aromatic rings. The van der Waals surface area contributed by atoms with Gasteiger partial charge in [0.05, 0.1) is 27.4 Å². The van der Waals surface area contributed by atoms with Crippen molar-refractivity contribution in [1.82, 2.24) is 0 Å². The van der Waals surface area contributed by atoms with Crippen molar-refractivity contribution in [2.24, 2.45) is 11.3 Å². The summed E-state index contributed by atoms with van der Waals surface area (Å²) in [5.41, 5.74) is -1.88. The first-order chi connectivity index (χ1) is 16.8. The van der Waals surface area contributed by atoms with Crippen LogP contribution in [0.15, 0.2) is 51.6 Å². The molecule has 2 heterocycles. The van der Waals surface area contributed by atoms with Gasteiger partial charge in [0.15, 0.2) is 22.8 Å². The third-order valence-electron chi connectivity index (χ3n) is 6.03. The summed E-state index contributed by atoms with van der Waals surface area (Å²) in [7, 11) is 0. The number of carbonyl (C=O) groups excluding carboxylic acids is 4. The minimum atomic E-state index is -2.24. The van der Waals surface area contributed by atoms with Gasteiger partial charge in [-0.25, -0.2) is 0 Å². The van der Waals surface area contributed by atoms with E-state index in [2.05, 4.69) is 0 Å². The Labute approximate surface area is 220 Å². The van der Waals surface area contributed by atoms with Gasteiger partial charge >= 0.3 is 5.97 Å². The number of nitriles is 1.